The number of hydrogen-bond donors (Lipinski definition) is 2. The smallest absolute Gasteiger partial charge is 0.274 e. The van der Waals surface area contributed by atoms with Gasteiger partial charge in [0, 0.05) is 23.1 Å². The fourth-order valence-electron chi connectivity index (χ4n) is 2.29. The van der Waals surface area contributed by atoms with Crippen molar-refractivity contribution >= 4 is 23.2 Å². The van der Waals surface area contributed by atoms with E-state index < -0.39 is 0 Å². The molecule has 2 N–H and O–H groups in total. The number of para-hydroxylation sites is 1. The van der Waals surface area contributed by atoms with E-state index in [0.717, 1.165) is 5.69 Å². The molecule has 0 spiro atoms. The molecular weight excluding hydrogens is 316 g/mol. The molecule has 126 valence electrons. The van der Waals surface area contributed by atoms with Crippen LogP contribution in [-0.4, -0.2) is 23.0 Å². The summed E-state index contributed by atoms with van der Waals surface area (Å²) < 4.78 is 5.16. The Kier molecular flexibility index (Phi) is 4.89. The molecule has 1 aromatic heterocycles. The number of aryl methyl sites for hydroxylation is 1. The summed E-state index contributed by atoms with van der Waals surface area (Å²) in [5.74, 6) is 0.736. The molecule has 1 heterocycles. The average molecular weight is 334 g/mol. The monoisotopic (exact) mass is 334 g/mol. The Morgan fingerprint density at radius 2 is 1.72 bits per heavy atom. The first-order chi connectivity index (χ1) is 12.1. The number of carbonyl (C=O) groups is 1. The Morgan fingerprint density at radius 3 is 2.48 bits per heavy atom. The van der Waals surface area contributed by atoms with Crippen molar-refractivity contribution in [3.8, 4) is 5.75 Å². The van der Waals surface area contributed by atoms with Gasteiger partial charge in [0.15, 0.2) is 0 Å². The molecule has 25 heavy (non-hydrogen) atoms. The van der Waals surface area contributed by atoms with Crippen LogP contribution in [0.3, 0.4) is 0 Å². The number of methoxy groups -OCH3 is 1. The molecule has 0 radical (unpaired) electrons. The van der Waals surface area contributed by atoms with E-state index in [0.29, 0.717) is 23.1 Å². The summed E-state index contributed by atoms with van der Waals surface area (Å²) in [5.41, 5.74) is 2.48. The number of benzene rings is 2. The van der Waals surface area contributed by atoms with E-state index in [1.54, 1.807) is 25.3 Å². The number of nitrogens with zero attached hydrogens (tertiary/aromatic N) is 2. The van der Waals surface area contributed by atoms with Gasteiger partial charge < -0.3 is 15.4 Å². The number of ether oxygens (including phenoxy) is 1. The SMILES string of the molecule is COc1cccc(NC(=O)c2cc(C)nc(Nc3ccccc3)n2)c1. The third-order valence-corrected chi connectivity index (χ3v) is 3.44. The molecule has 3 rings (SSSR count). The number of carbonyl (C=O) groups excluding carboxylic acids is 1. The Morgan fingerprint density at radius 1 is 0.960 bits per heavy atom. The summed E-state index contributed by atoms with van der Waals surface area (Å²) in [6.07, 6.45) is 0. The molecule has 0 aliphatic rings. The number of aromatic nitrogens is 2. The molecule has 6 heteroatoms. The standard InChI is InChI=1S/C19H18N4O2/c1-13-11-17(18(24)21-15-9-6-10-16(12-15)25-2)23-19(20-13)22-14-7-4-3-5-8-14/h3-12H,1-2H3,(H,21,24)(H,20,22,23). The third kappa shape index (κ3) is 4.32. The van der Waals surface area contributed by atoms with Gasteiger partial charge >= 0.3 is 0 Å². The molecular formula is C19H18N4O2. The zero-order valence-corrected chi connectivity index (χ0v) is 14.0. The Hall–Kier alpha value is -3.41. The first kappa shape index (κ1) is 16.4. The second kappa shape index (κ2) is 7.44. The molecule has 0 fully saturated rings. The van der Waals surface area contributed by atoms with E-state index in [-0.39, 0.29) is 11.6 Å². The van der Waals surface area contributed by atoms with Crippen molar-refractivity contribution in [2.45, 2.75) is 6.92 Å². The van der Waals surface area contributed by atoms with Crippen molar-refractivity contribution in [3.05, 3.63) is 72.1 Å². The molecule has 0 saturated carbocycles. The lowest BCUT2D eigenvalue weighted by molar-refractivity contribution is 0.102. The summed E-state index contributed by atoms with van der Waals surface area (Å²) in [4.78, 5) is 21.1. The molecule has 0 unspecified atom stereocenters. The minimum absolute atomic E-state index is 0.286. The highest BCUT2D eigenvalue weighted by atomic mass is 16.5. The molecule has 6 nitrogen and oxygen atoms in total. The van der Waals surface area contributed by atoms with Crippen molar-refractivity contribution in [1.29, 1.82) is 0 Å². The minimum atomic E-state index is -0.310. The molecule has 0 bridgehead atoms. The maximum Gasteiger partial charge on any atom is 0.274 e. The summed E-state index contributed by atoms with van der Waals surface area (Å²) in [5, 5.41) is 5.91. The summed E-state index contributed by atoms with van der Waals surface area (Å²) in [7, 11) is 1.58. The predicted molar refractivity (Wildman–Crippen MR) is 97.4 cm³/mol. The summed E-state index contributed by atoms with van der Waals surface area (Å²) >= 11 is 0. The van der Waals surface area contributed by atoms with Gasteiger partial charge in [-0.1, -0.05) is 24.3 Å². The highest BCUT2D eigenvalue weighted by molar-refractivity contribution is 6.03. The van der Waals surface area contributed by atoms with Gasteiger partial charge in [-0.25, -0.2) is 9.97 Å². The lowest BCUT2D eigenvalue weighted by Gasteiger charge is -2.09. The number of nitrogens with one attached hydrogen (secondary N) is 2. The molecule has 0 atom stereocenters. The molecule has 3 aromatic rings. The van der Waals surface area contributed by atoms with E-state index in [1.165, 1.54) is 0 Å². The van der Waals surface area contributed by atoms with Crippen molar-refractivity contribution < 1.29 is 9.53 Å². The van der Waals surface area contributed by atoms with Crippen LogP contribution in [0.1, 0.15) is 16.2 Å². The second-order valence-electron chi connectivity index (χ2n) is 5.40. The van der Waals surface area contributed by atoms with Gasteiger partial charge in [-0.2, -0.15) is 0 Å². The van der Waals surface area contributed by atoms with Crippen LogP contribution >= 0.6 is 0 Å². The van der Waals surface area contributed by atoms with Crippen LogP contribution < -0.4 is 15.4 Å². The zero-order valence-electron chi connectivity index (χ0n) is 14.0. The first-order valence-corrected chi connectivity index (χ1v) is 7.77. The molecule has 0 saturated heterocycles. The van der Waals surface area contributed by atoms with E-state index in [9.17, 15) is 4.79 Å². The van der Waals surface area contributed by atoms with Gasteiger partial charge in [0.05, 0.1) is 7.11 Å². The Labute approximate surface area is 145 Å². The summed E-state index contributed by atoms with van der Waals surface area (Å²) in [6, 6.07) is 18.4. The quantitative estimate of drug-likeness (QED) is 0.742. The van der Waals surface area contributed by atoms with Crippen LogP contribution in [-0.2, 0) is 0 Å². The van der Waals surface area contributed by atoms with E-state index in [1.807, 2.05) is 49.4 Å². The predicted octanol–water partition coefficient (Wildman–Crippen LogP) is 3.79. The molecule has 0 aliphatic heterocycles. The van der Waals surface area contributed by atoms with Crippen molar-refractivity contribution in [2.75, 3.05) is 17.7 Å². The van der Waals surface area contributed by atoms with Crippen LogP contribution in [0.15, 0.2) is 60.7 Å². The van der Waals surface area contributed by atoms with Gasteiger partial charge in [-0.05, 0) is 37.3 Å². The van der Waals surface area contributed by atoms with E-state index >= 15 is 0 Å². The van der Waals surface area contributed by atoms with Crippen LogP contribution in [0.4, 0.5) is 17.3 Å². The molecule has 2 aromatic carbocycles. The lowest BCUT2D eigenvalue weighted by Crippen LogP contribution is -2.15. The van der Waals surface area contributed by atoms with Crippen molar-refractivity contribution in [2.24, 2.45) is 0 Å². The van der Waals surface area contributed by atoms with Gasteiger partial charge in [-0.15, -0.1) is 0 Å². The number of anilines is 3. The highest BCUT2D eigenvalue weighted by Gasteiger charge is 2.11. The van der Waals surface area contributed by atoms with Gasteiger partial charge in [0.2, 0.25) is 5.95 Å². The van der Waals surface area contributed by atoms with Crippen LogP contribution in [0.25, 0.3) is 0 Å². The van der Waals surface area contributed by atoms with Crippen molar-refractivity contribution in [1.82, 2.24) is 9.97 Å². The second-order valence-corrected chi connectivity index (χ2v) is 5.40. The number of hydrogen-bond acceptors (Lipinski definition) is 5. The van der Waals surface area contributed by atoms with E-state index in [2.05, 4.69) is 20.6 Å². The van der Waals surface area contributed by atoms with Crippen LogP contribution in [0.2, 0.25) is 0 Å². The molecule has 0 aliphatic carbocycles. The zero-order chi connectivity index (χ0) is 17.6. The fraction of sp³-hybridized carbons (Fsp3) is 0.105. The Bertz CT molecular complexity index is 882. The van der Waals surface area contributed by atoms with Crippen molar-refractivity contribution in [3.63, 3.8) is 0 Å². The first-order valence-electron chi connectivity index (χ1n) is 7.77. The number of rotatable bonds is 5. The van der Waals surface area contributed by atoms with E-state index in [4.69, 9.17) is 4.74 Å². The topological polar surface area (TPSA) is 76.1 Å². The number of amides is 1. The van der Waals surface area contributed by atoms with Crippen LogP contribution in [0.5, 0.6) is 5.75 Å². The lowest BCUT2D eigenvalue weighted by atomic mass is 10.2. The average Bonchev–Trinajstić information content (AvgIpc) is 2.62. The Balaban J connectivity index is 1.80. The normalized spacial score (nSPS) is 10.2. The highest BCUT2D eigenvalue weighted by Crippen LogP contribution is 2.18. The van der Waals surface area contributed by atoms with Gasteiger partial charge in [0.1, 0.15) is 11.4 Å². The maximum atomic E-state index is 12.5. The summed E-state index contributed by atoms with van der Waals surface area (Å²) in [6.45, 7) is 1.82. The fourth-order valence-corrected chi connectivity index (χ4v) is 2.29. The van der Waals surface area contributed by atoms with Crippen LogP contribution in [0, 0.1) is 6.92 Å². The van der Waals surface area contributed by atoms with Gasteiger partial charge in [0.25, 0.3) is 5.91 Å². The molecule has 1 amide bonds. The maximum absolute atomic E-state index is 12.5. The third-order valence-electron chi connectivity index (χ3n) is 3.44. The minimum Gasteiger partial charge on any atom is -0.497 e. The largest absolute Gasteiger partial charge is 0.497 e. The van der Waals surface area contributed by atoms with Gasteiger partial charge in [-0.3, -0.25) is 4.79 Å².